The average Bonchev–Trinajstić information content (AvgIpc) is 3.00. The van der Waals surface area contributed by atoms with Crippen molar-refractivity contribution >= 4 is 19.8 Å². The molecule has 157 valence electrons. The molecule has 5 heteroatoms. The summed E-state index contributed by atoms with van der Waals surface area (Å²) < 4.78 is 0.228. The summed E-state index contributed by atoms with van der Waals surface area (Å²) in [5.41, 5.74) is 3.56. The third-order valence-corrected chi connectivity index (χ3v) is 13.1. The van der Waals surface area contributed by atoms with Crippen LogP contribution in [0.5, 0.6) is 0 Å². The molecule has 0 aromatic heterocycles. The molecule has 0 aliphatic heterocycles. The zero-order valence-electron chi connectivity index (χ0n) is 19.1. The first-order valence-electron chi connectivity index (χ1n) is 9.71. The summed E-state index contributed by atoms with van der Waals surface area (Å²) in [5, 5.41) is 1.52. The molecule has 0 amide bonds. The fourth-order valence-corrected chi connectivity index (χ4v) is 10.9. The van der Waals surface area contributed by atoms with E-state index in [9.17, 15) is 0 Å². The predicted molar refractivity (Wildman–Crippen MR) is 119 cm³/mol. The molecule has 1 unspecified atom stereocenters. The van der Waals surface area contributed by atoms with Crippen LogP contribution in [0.3, 0.4) is 0 Å². The molecule has 0 fully saturated rings. The number of allylic oxidation sites excluding steroid dienone is 7. The largest absolute Gasteiger partial charge is 3.00 e. The van der Waals surface area contributed by atoms with Crippen molar-refractivity contribution in [3.63, 3.8) is 0 Å². The molecule has 1 radical (unpaired) electrons. The van der Waals surface area contributed by atoms with E-state index in [1.54, 1.807) is 5.57 Å². The Morgan fingerprint density at radius 3 is 2.04 bits per heavy atom. The molecule has 0 N–H and O–H groups in total. The van der Waals surface area contributed by atoms with Crippen molar-refractivity contribution in [2.45, 2.75) is 78.8 Å². The molecule has 0 aromatic rings. The molecule has 0 nitrogen and oxygen atoms in total. The number of hydrogen-bond donors (Lipinski definition) is 0. The molecular weight excluding hydrogens is 455 g/mol. The molecule has 0 bridgehead atoms. The van der Waals surface area contributed by atoms with Crippen LogP contribution >= 0.6 is 11.8 Å². The van der Waals surface area contributed by atoms with Crippen LogP contribution in [0, 0.1) is 16.9 Å². The molecule has 0 heterocycles. The summed E-state index contributed by atoms with van der Waals surface area (Å²) in [6.45, 7) is 21.7. The first kappa shape index (κ1) is 31.0. The van der Waals surface area contributed by atoms with Gasteiger partial charge >= 0.3 is 21.7 Å². The molecular formula is C23H37Cl2SSiTi. The van der Waals surface area contributed by atoms with Crippen LogP contribution in [-0.2, 0) is 21.7 Å². The Balaban J connectivity index is 0. The molecule has 0 aromatic carbocycles. The van der Waals surface area contributed by atoms with Gasteiger partial charge in [-0.15, -0.1) is 6.42 Å². The third kappa shape index (κ3) is 5.95. The zero-order valence-corrected chi connectivity index (χ0v) is 24.0. The fourth-order valence-electron chi connectivity index (χ4n) is 4.25. The first-order valence-corrected chi connectivity index (χ1v) is 13.7. The molecule has 28 heavy (non-hydrogen) atoms. The van der Waals surface area contributed by atoms with Crippen molar-refractivity contribution in [2.24, 2.45) is 10.8 Å². The van der Waals surface area contributed by atoms with E-state index in [4.69, 9.17) is 0 Å². The van der Waals surface area contributed by atoms with E-state index < -0.39 is 8.07 Å². The van der Waals surface area contributed by atoms with Crippen molar-refractivity contribution in [3.8, 4) is 0 Å². The van der Waals surface area contributed by atoms with Crippen LogP contribution in [0.2, 0.25) is 13.1 Å². The molecule has 0 saturated heterocycles. The second-order valence-corrected chi connectivity index (χ2v) is 16.6. The van der Waals surface area contributed by atoms with E-state index in [1.165, 1.54) is 22.9 Å². The third-order valence-electron chi connectivity index (χ3n) is 5.79. The van der Waals surface area contributed by atoms with Gasteiger partial charge < -0.3 is 24.8 Å². The van der Waals surface area contributed by atoms with E-state index in [-0.39, 0.29) is 61.7 Å². The molecule has 0 saturated carbocycles. The van der Waals surface area contributed by atoms with Gasteiger partial charge in [-0.3, -0.25) is 6.08 Å². The minimum absolute atomic E-state index is 0. The van der Waals surface area contributed by atoms with Crippen LogP contribution < -0.4 is 24.8 Å². The van der Waals surface area contributed by atoms with Crippen LogP contribution in [0.25, 0.3) is 0 Å². The van der Waals surface area contributed by atoms with Gasteiger partial charge in [-0.05, 0) is 28.6 Å². The maximum atomic E-state index is 3.70. The Morgan fingerprint density at radius 2 is 1.64 bits per heavy atom. The molecule has 0 spiro atoms. The fraction of sp³-hybridized carbons (Fsp3) is 0.652. The van der Waals surface area contributed by atoms with Crippen LogP contribution in [-0.4, -0.2) is 18.2 Å². The minimum Gasteiger partial charge on any atom is -1.00 e. The van der Waals surface area contributed by atoms with Crippen LogP contribution in [0.15, 0.2) is 40.6 Å². The van der Waals surface area contributed by atoms with Crippen molar-refractivity contribution in [3.05, 3.63) is 46.7 Å². The van der Waals surface area contributed by atoms with Gasteiger partial charge in [0.15, 0.2) is 0 Å². The second-order valence-electron chi connectivity index (χ2n) is 10.0. The summed E-state index contributed by atoms with van der Waals surface area (Å²) >= 11 is 2.20. The molecule has 2 aliphatic rings. The number of hydrogen-bond acceptors (Lipinski definition) is 1. The van der Waals surface area contributed by atoms with Gasteiger partial charge in [0.2, 0.25) is 0 Å². The van der Waals surface area contributed by atoms with Gasteiger partial charge in [0.1, 0.15) is 0 Å². The summed E-state index contributed by atoms with van der Waals surface area (Å²) in [7, 11) is -1.73. The Labute approximate surface area is 207 Å². The van der Waals surface area contributed by atoms with Gasteiger partial charge in [0.05, 0.1) is 8.07 Å². The number of halogens is 2. The Morgan fingerprint density at radius 1 is 1.07 bits per heavy atom. The standard InChI is InChI=1S/C23H37SSi.2ClH.Ti/c1-10-24-23(25(8,9)19-13-11-12-14-19)16-15-18(21(2,3)4)17-20(23)22(5,6)7;;;/h11,13,15,17H,10,12,16H2,1-9H3;2*1H;/q-1;;;+3/p-2. The summed E-state index contributed by atoms with van der Waals surface area (Å²) in [5.74, 6) is 1.17. The van der Waals surface area contributed by atoms with Crippen LogP contribution in [0.1, 0.15) is 61.3 Å². The number of thioether (sulfide) groups is 1. The summed E-state index contributed by atoms with van der Waals surface area (Å²) in [6.07, 6.45) is 15.6. The smallest absolute Gasteiger partial charge is 1.00 e. The van der Waals surface area contributed by atoms with E-state index in [0.29, 0.717) is 0 Å². The zero-order chi connectivity index (χ0) is 19.1. The van der Waals surface area contributed by atoms with Gasteiger partial charge in [-0.1, -0.05) is 79.3 Å². The first-order chi connectivity index (χ1) is 11.4. The number of rotatable bonds is 4. The van der Waals surface area contributed by atoms with E-state index >= 15 is 0 Å². The Kier molecular flexibility index (Phi) is 12.1. The second kappa shape index (κ2) is 10.9. The van der Waals surface area contributed by atoms with Gasteiger partial charge in [0, 0.05) is 4.37 Å². The Hall–Kier alpha value is 0.821. The summed E-state index contributed by atoms with van der Waals surface area (Å²) in [4.78, 5) is 0. The van der Waals surface area contributed by atoms with Crippen LogP contribution in [0.4, 0.5) is 0 Å². The van der Waals surface area contributed by atoms with Gasteiger partial charge in [0.25, 0.3) is 0 Å². The average molecular weight is 492 g/mol. The van der Waals surface area contributed by atoms with Gasteiger partial charge in [-0.25, -0.2) is 11.3 Å². The molecule has 1 atom stereocenters. The van der Waals surface area contributed by atoms with Crippen molar-refractivity contribution in [1.82, 2.24) is 0 Å². The van der Waals surface area contributed by atoms with Crippen molar-refractivity contribution in [2.75, 3.05) is 5.75 Å². The van der Waals surface area contributed by atoms with E-state index in [1.807, 2.05) is 0 Å². The molecule has 2 aliphatic carbocycles. The maximum Gasteiger partial charge on any atom is 3.00 e. The topological polar surface area (TPSA) is 0 Å². The quantitative estimate of drug-likeness (QED) is 0.422. The Bertz CT molecular complexity index is 648. The van der Waals surface area contributed by atoms with Crippen molar-refractivity contribution < 1.29 is 46.5 Å². The maximum absolute atomic E-state index is 3.70. The summed E-state index contributed by atoms with van der Waals surface area (Å²) in [6, 6.07) is 0. The SMILES string of the molecule is CCSC1([Si](C)(C)C2=[C-]CC=C2)CC=C(C(C)(C)C)C=C1C(C)(C)C.[Cl-].[Cl-].[Ti+3]. The van der Waals surface area contributed by atoms with Crippen molar-refractivity contribution in [1.29, 1.82) is 0 Å². The monoisotopic (exact) mass is 491 g/mol. The minimum atomic E-state index is -1.73. The van der Waals surface area contributed by atoms with E-state index in [0.717, 1.165) is 6.42 Å². The molecule has 2 rings (SSSR count). The van der Waals surface area contributed by atoms with Gasteiger partial charge in [-0.2, -0.15) is 17.8 Å². The normalized spacial score (nSPS) is 22.2. The predicted octanol–water partition coefficient (Wildman–Crippen LogP) is 1.31. The van der Waals surface area contributed by atoms with E-state index in [2.05, 4.69) is 104 Å².